The van der Waals surface area contributed by atoms with Crippen LogP contribution in [0.25, 0.3) is 5.69 Å². The van der Waals surface area contributed by atoms with Crippen LogP contribution in [0.3, 0.4) is 0 Å². The third-order valence-electron chi connectivity index (χ3n) is 4.79. The van der Waals surface area contributed by atoms with Crippen molar-refractivity contribution in [2.75, 3.05) is 17.0 Å². The van der Waals surface area contributed by atoms with Crippen LogP contribution in [-0.4, -0.2) is 42.3 Å². The van der Waals surface area contributed by atoms with Gasteiger partial charge >= 0.3 is 17.8 Å². The van der Waals surface area contributed by atoms with Crippen molar-refractivity contribution in [1.82, 2.24) is 14.9 Å². The molecule has 1 aromatic rings. The maximum atomic E-state index is 12.9. The van der Waals surface area contributed by atoms with Crippen LogP contribution < -0.4 is 15.7 Å². The lowest BCUT2D eigenvalue weighted by atomic mass is 10.2. The lowest BCUT2D eigenvalue weighted by molar-refractivity contribution is -0.173. The molecule has 0 saturated heterocycles. The first-order valence-corrected chi connectivity index (χ1v) is 13.2. The molecular weight excluding hydrogens is 513 g/mol. The summed E-state index contributed by atoms with van der Waals surface area (Å²) in [5, 5.41) is 1.80. The number of halogens is 3. The van der Waals surface area contributed by atoms with Crippen molar-refractivity contribution >= 4 is 44.8 Å². The molecule has 2 aliphatic rings. The van der Waals surface area contributed by atoms with E-state index < -0.39 is 27.8 Å². The summed E-state index contributed by atoms with van der Waals surface area (Å²) in [4.78, 5) is 28.2. The highest BCUT2D eigenvalue weighted by Crippen LogP contribution is 2.38. The van der Waals surface area contributed by atoms with Gasteiger partial charge in [0.15, 0.2) is 5.82 Å². The summed E-state index contributed by atoms with van der Waals surface area (Å²) in [5.74, 6) is -1.82. The van der Waals surface area contributed by atoms with Crippen LogP contribution >= 0.6 is 23.1 Å². The number of nitrogens with zero attached hydrogens (tertiary/aromatic N) is 2. The number of aryl methyl sites for hydroxylation is 2. The maximum Gasteiger partial charge on any atom is 0.471 e. The van der Waals surface area contributed by atoms with Gasteiger partial charge in [0.1, 0.15) is 5.69 Å². The second-order valence-corrected chi connectivity index (χ2v) is 11.6. The summed E-state index contributed by atoms with van der Waals surface area (Å²) in [6.07, 6.45) is -4.72. The Morgan fingerprint density at radius 2 is 1.82 bits per heavy atom. The van der Waals surface area contributed by atoms with Gasteiger partial charge in [-0.05, 0) is 39.3 Å². The number of rotatable bonds is 8. The second-order valence-electron chi connectivity index (χ2n) is 7.33. The number of benzene rings is 1. The summed E-state index contributed by atoms with van der Waals surface area (Å²) in [7, 11) is -4.02. The average molecular weight is 535 g/mol. The Balaban J connectivity index is 1.86. The Morgan fingerprint density at radius 3 is 2.44 bits per heavy atom. The van der Waals surface area contributed by atoms with Crippen LogP contribution in [0.5, 0.6) is 0 Å². The zero-order chi connectivity index (χ0) is 25.3. The van der Waals surface area contributed by atoms with Gasteiger partial charge in [-0.25, -0.2) is 13.2 Å². The normalized spacial score (nSPS) is 12.2. The van der Waals surface area contributed by atoms with Gasteiger partial charge in [-0.15, -0.1) is 23.1 Å². The zero-order valence-electron chi connectivity index (χ0n) is 18.3. The summed E-state index contributed by atoms with van der Waals surface area (Å²) in [6.45, 7) is 5.14. The monoisotopic (exact) mass is 534 g/mol. The first-order valence-electron chi connectivity index (χ1n) is 9.91. The fourth-order valence-corrected chi connectivity index (χ4v) is 6.40. The van der Waals surface area contributed by atoms with Crippen LogP contribution in [0.15, 0.2) is 38.2 Å². The molecule has 3 rings (SSSR count). The van der Waals surface area contributed by atoms with Crippen LogP contribution in [0, 0.1) is 20.8 Å². The van der Waals surface area contributed by atoms with E-state index in [9.17, 15) is 31.2 Å². The van der Waals surface area contributed by atoms with E-state index in [1.54, 1.807) is 31.3 Å². The van der Waals surface area contributed by atoms with E-state index in [2.05, 4.69) is 9.71 Å². The van der Waals surface area contributed by atoms with Crippen LogP contribution in [-0.2, 0) is 14.8 Å². The number of carbonyl (C=O) groups excluding carboxylic acids is 1. The lowest BCUT2D eigenvalue weighted by Crippen LogP contribution is -2.37. The van der Waals surface area contributed by atoms with Crippen LogP contribution in [0.4, 0.5) is 19.0 Å². The van der Waals surface area contributed by atoms with Crippen molar-refractivity contribution < 1.29 is 26.4 Å². The molecule has 1 amide bonds. The molecule has 34 heavy (non-hydrogen) atoms. The highest BCUT2D eigenvalue weighted by Gasteiger charge is 2.38. The molecule has 0 fully saturated rings. The molecule has 0 atom stereocenters. The third-order valence-corrected chi connectivity index (χ3v) is 8.68. The Labute approximate surface area is 202 Å². The minimum absolute atomic E-state index is 0.00816. The summed E-state index contributed by atoms with van der Waals surface area (Å²) < 4.78 is 66.9. The molecule has 0 radical (unpaired) electrons. The molecule has 2 heterocycles. The topological polar surface area (TPSA) is 110 Å². The number of hydrogen-bond donors (Lipinski definition) is 2. The van der Waals surface area contributed by atoms with Gasteiger partial charge in [0.2, 0.25) is 0 Å². The van der Waals surface area contributed by atoms with E-state index >= 15 is 0 Å². The number of thioether (sulfide) groups is 1. The SMILES string of the molecule is Cc1ccc(S(=O)(=O)Nc2nc(=O)n3c(C)c(C)sc(SCCCNC(=O)C(F)(F)F)c2-3)cc1. The number of fused-ring (bicyclic) bond motifs is 1. The van der Waals surface area contributed by atoms with Crippen molar-refractivity contribution in [3.63, 3.8) is 0 Å². The van der Waals surface area contributed by atoms with Crippen molar-refractivity contribution in [2.45, 2.75) is 42.5 Å². The number of nitrogens with one attached hydrogen (secondary N) is 2. The molecule has 0 bridgehead atoms. The first kappa shape index (κ1) is 26.0. The lowest BCUT2D eigenvalue weighted by Gasteiger charge is -2.16. The third kappa shape index (κ3) is 5.73. The van der Waals surface area contributed by atoms with Gasteiger partial charge in [0.05, 0.1) is 9.10 Å². The van der Waals surface area contributed by atoms with Gasteiger partial charge in [-0.3, -0.25) is 14.1 Å². The second kappa shape index (κ2) is 9.96. The molecular formula is C20H21F3N4O4S3. The van der Waals surface area contributed by atoms with E-state index in [1.807, 2.05) is 6.92 Å². The molecule has 184 valence electrons. The Hall–Kier alpha value is -2.58. The molecule has 1 aromatic carbocycles. The molecule has 14 heteroatoms. The number of alkyl halides is 3. The molecule has 0 aliphatic carbocycles. The standard InChI is InChI=1S/C20H21F3N4O4S3/c1-11-5-7-14(8-6-11)34(30,31)26-16-15-17(32-10-4-9-24-18(28)20(21,22)23)33-13(3)12(2)27(15)19(29)25-16/h5-8H,4,9-10H2,1-3H3,(H,24,28)(H,25,26,29). The number of hydrogen-bond acceptors (Lipinski definition) is 7. The quantitative estimate of drug-likeness (QED) is 0.338. The molecule has 0 saturated carbocycles. The molecule has 2 N–H and O–H groups in total. The number of imidazole rings is 1. The van der Waals surface area contributed by atoms with Crippen LogP contribution in [0.1, 0.15) is 22.6 Å². The number of carbonyl (C=O) groups is 1. The number of amides is 1. The fraction of sp³-hybridized carbons (Fsp3) is 0.350. The maximum absolute atomic E-state index is 12.9. The van der Waals surface area contributed by atoms with E-state index in [0.717, 1.165) is 10.4 Å². The predicted octanol–water partition coefficient (Wildman–Crippen LogP) is 3.62. The van der Waals surface area contributed by atoms with Gasteiger partial charge < -0.3 is 5.32 Å². The Bertz CT molecular complexity index is 1330. The van der Waals surface area contributed by atoms with E-state index in [4.69, 9.17) is 0 Å². The molecule has 0 aromatic heterocycles. The Kier molecular flexibility index (Phi) is 7.62. The minimum atomic E-state index is -4.94. The van der Waals surface area contributed by atoms with Gasteiger partial charge in [0, 0.05) is 22.9 Å². The van der Waals surface area contributed by atoms with Crippen molar-refractivity contribution in [2.24, 2.45) is 0 Å². The predicted molar refractivity (Wildman–Crippen MR) is 125 cm³/mol. The number of aromatic nitrogens is 2. The van der Waals surface area contributed by atoms with E-state index in [-0.39, 0.29) is 29.4 Å². The fourth-order valence-electron chi connectivity index (χ4n) is 2.93. The zero-order valence-corrected chi connectivity index (χ0v) is 20.8. The summed E-state index contributed by atoms with van der Waals surface area (Å²) >= 11 is 2.55. The van der Waals surface area contributed by atoms with Crippen LogP contribution in [0.2, 0.25) is 0 Å². The number of anilines is 1. The minimum Gasteiger partial charge on any atom is -0.348 e. The highest BCUT2D eigenvalue weighted by molar-refractivity contribution is 8.01. The van der Waals surface area contributed by atoms with Crippen molar-refractivity contribution in [3.05, 3.63) is 50.9 Å². The first-order chi connectivity index (χ1) is 15.8. The summed E-state index contributed by atoms with van der Waals surface area (Å²) in [5.41, 5.74) is 1.11. The molecule has 8 nitrogen and oxygen atoms in total. The van der Waals surface area contributed by atoms with E-state index in [1.165, 1.54) is 39.8 Å². The highest BCUT2D eigenvalue weighted by atomic mass is 32.2. The molecule has 2 aliphatic heterocycles. The smallest absolute Gasteiger partial charge is 0.348 e. The average Bonchev–Trinajstić information content (AvgIpc) is 3.06. The van der Waals surface area contributed by atoms with Crippen molar-refractivity contribution in [1.29, 1.82) is 0 Å². The van der Waals surface area contributed by atoms with E-state index in [0.29, 0.717) is 15.7 Å². The van der Waals surface area contributed by atoms with Gasteiger partial charge in [0.25, 0.3) is 10.0 Å². The largest absolute Gasteiger partial charge is 0.471 e. The molecule has 0 unspecified atom stereocenters. The molecule has 0 spiro atoms. The summed E-state index contributed by atoms with van der Waals surface area (Å²) in [6, 6.07) is 6.18. The Morgan fingerprint density at radius 1 is 1.18 bits per heavy atom. The van der Waals surface area contributed by atoms with Crippen molar-refractivity contribution in [3.8, 4) is 5.69 Å². The van der Waals surface area contributed by atoms with Gasteiger partial charge in [-0.2, -0.15) is 18.2 Å². The van der Waals surface area contributed by atoms with Gasteiger partial charge in [-0.1, -0.05) is 17.7 Å². The number of sulfonamides is 1.